The molecule has 0 spiro atoms. The Kier molecular flexibility index (Phi) is 5.99. The minimum absolute atomic E-state index is 0. The number of hydrogen-bond acceptors (Lipinski definition) is 1. The third-order valence-corrected chi connectivity index (χ3v) is 4.26. The van der Waals surface area contributed by atoms with E-state index in [1.54, 1.807) is 0 Å². The van der Waals surface area contributed by atoms with Crippen molar-refractivity contribution in [3.8, 4) is 0 Å². The molecule has 0 aromatic heterocycles. The predicted octanol–water partition coefficient (Wildman–Crippen LogP) is 3.62. The molecule has 0 aromatic carbocycles. The first-order chi connectivity index (χ1) is 6.84. The Bertz CT molecular complexity index is 158. The van der Waals surface area contributed by atoms with Crippen molar-refractivity contribution in [2.45, 2.75) is 51.9 Å². The van der Waals surface area contributed by atoms with Gasteiger partial charge in [-0.3, -0.25) is 0 Å². The highest BCUT2D eigenvalue weighted by atomic mass is 35.5. The summed E-state index contributed by atoms with van der Waals surface area (Å²) >= 11 is 0. The monoisotopic (exact) mass is 231 g/mol. The minimum atomic E-state index is 0. The first-order valence-electron chi connectivity index (χ1n) is 6.55. The second-order valence-electron chi connectivity index (χ2n) is 5.55. The van der Waals surface area contributed by atoms with Crippen LogP contribution in [0.4, 0.5) is 0 Å². The second-order valence-corrected chi connectivity index (χ2v) is 5.55. The molecule has 1 heterocycles. The molecule has 90 valence electrons. The van der Waals surface area contributed by atoms with Crippen LogP contribution in [0.3, 0.4) is 0 Å². The van der Waals surface area contributed by atoms with Crippen molar-refractivity contribution < 1.29 is 0 Å². The molecule has 15 heavy (non-hydrogen) atoms. The Hall–Kier alpha value is 0.250. The molecule has 1 saturated heterocycles. The van der Waals surface area contributed by atoms with E-state index >= 15 is 0 Å². The van der Waals surface area contributed by atoms with Crippen LogP contribution in [0.15, 0.2) is 0 Å². The quantitative estimate of drug-likeness (QED) is 0.766. The summed E-state index contributed by atoms with van der Waals surface area (Å²) in [6.45, 7) is 4.96. The molecule has 0 aromatic rings. The Balaban J connectivity index is 0.00000112. The molecule has 1 saturated carbocycles. The van der Waals surface area contributed by atoms with Crippen LogP contribution in [0.2, 0.25) is 0 Å². The van der Waals surface area contributed by atoms with Gasteiger partial charge in [0.1, 0.15) is 0 Å². The average molecular weight is 232 g/mol. The lowest BCUT2D eigenvalue weighted by Gasteiger charge is -2.31. The SMILES string of the molecule is CC1CCC(CC2CCNCC2)CC1.Cl. The van der Waals surface area contributed by atoms with Gasteiger partial charge in [-0.25, -0.2) is 0 Å². The molecule has 2 heteroatoms. The smallest absolute Gasteiger partial charge is 0.00463 e. The van der Waals surface area contributed by atoms with E-state index in [2.05, 4.69) is 12.2 Å². The highest BCUT2D eigenvalue weighted by Gasteiger charge is 2.22. The molecule has 1 aliphatic carbocycles. The zero-order chi connectivity index (χ0) is 9.80. The molecular weight excluding hydrogens is 206 g/mol. The standard InChI is InChI=1S/C13H25N.ClH/c1-11-2-4-12(5-3-11)10-13-6-8-14-9-7-13;/h11-14H,2-10H2,1H3;1H. The average Bonchev–Trinajstić information content (AvgIpc) is 2.23. The summed E-state index contributed by atoms with van der Waals surface area (Å²) < 4.78 is 0. The second kappa shape index (κ2) is 6.75. The zero-order valence-corrected chi connectivity index (χ0v) is 10.8. The third kappa shape index (κ3) is 4.32. The van der Waals surface area contributed by atoms with Gasteiger partial charge >= 0.3 is 0 Å². The number of halogens is 1. The van der Waals surface area contributed by atoms with Crippen molar-refractivity contribution >= 4 is 12.4 Å². The zero-order valence-electron chi connectivity index (χ0n) is 10.0. The van der Waals surface area contributed by atoms with Crippen molar-refractivity contribution in [2.75, 3.05) is 13.1 Å². The number of hydrogen-bond donors (Lipinski definition) is 1. The van der Waals surface area contributed by atoms with Crippen LogP contribution in [0.5, 0.6) is 0 Å². The highest BCUT2D eigenvalue weighted by Crippen LogP contribution is 2.34. The van der Waals surface area contributed by atoms with Crippen molar-refractivity contribution in [1.82, 2.24) is 5.32 Å². The number of piperidine rings is 1. The molecule has 1 N–H and O–H groups in total. The first-order valence-corrected chi connectivity index (χ1v) is 6.55. The minimum Gasteiger partial charge on any atom is -0.317 e. The maximum Gasteiger partial charge on any atom is -0.00463 e. The summed E-state index contributed by atoms with van der Waals surface area (Å²) in [4.78, 5) is 0. The van der Waals surface area contributed by atoms with Gasteiger partial charge in [-0.15, -0.1) is 12.4 Å². The summed E-state index contributed by atoms with van der Waals surface area (Å²) in [6, 6.07) is 0. The maximum atomic E-state index is 3.46. The summed E-state index contributed by atoms with van der Waals surface area (Å²) in [5, 5.41) is 3.46. The third-order valence-electron chi connectivity index (χ3n) is 4.26. The Labute approximate surface area is 101 Å². The van der Waals surface area contributed by atoms with E-state index in [4.69, 9.17) is 0 Å². The van der Waals surface area contributed by atoms with Gasteiger partial charge in [0.15, 0.2) is 0 Å². The van der Waals surface area contributed by atoms with Crippen molar-refractivity contribution in [3.63, 3.8) is 0 Å². The molecule has 2 rings (SSSR count). The summed E-state index contributed by atoms with van der Waals surface area (Å²) in [7, 11) is 0. The maximum absolute atomic E-state index is 3.46. The number of rotatable bonds is 2. The lowest BCUT2D eigenvalue weighted by molar-refractivity contribution is 0.223. The first kappa shape index (κ1) is 13.3. The van der Waals surface area contributed by atoms with Crippen LogP contribution in [-0.2, 0) is 0 Å². The van der Waals surface area contributed by atoms with Gasteiger partial charge in [0.2, 0.25) is 0 Å². The Morgan fingerprint density at radius 3 is 2.00 bits per heavy atom. The van der Waals surface area contributed by atoms with Crippen LogP contribution < -0.4 is 5.32 Å². The molecule has 2 aliphatic rings. The summed E-state index contributed by atoms with van der Waals surface area (Å²) in [6.07, 6.45) is 10.4. The fourth-order valence-electron chi connectivity index (χ4n) is 3.15. The normalized spacial score (nSPS) is 33.4. The van der Waals surface area contributed by atoms with Crippen molar-refractivity contribution in [2.24, 2.45) is 17.8 Å². The van der Waals surface area contributed by atoms with Gasteiger partial charge in [-0.2, -0.15) is 0 Å². The van der Waals surface area contributed by atoms with Crippen LogP contribution in [-0.4, -0.2) is 13.1 Å². The van der Waals surface area contributed by atoms with E-state index in [1.165, 1.54) is 58.0 Å². The molecule has 1 nitrogen and oxygen atoms in total. The molecule has 0 radical (unpaired) electrons. The fourth-order valence-corrected chi connectivity index (χ4v) is 3.15. The van der Waals surface area contributed by atoms with Gasteiger partial charge in [0.05, 0.1) is 0 Å². The Morgan fingerprint density at radius 2 is 1.40 bits per heavy atom. The molecular formula is C13H26ClN. The van der Waals surface area contributed by atoms with E-state index in [-0.39, 0.29) is 12.4 Å². The van der Waals surface area contributed by atoms with E-state index in [9.17, 15) is 0 Å². The predicted molar refractivity (Wildman–Crippen MR) is 68.6 cm³/mol. The fraction of sp³-hybridized carbons (Fsp3) is 1.00. The van der Waals surface area contributed by atoms with Crippen LogP contribution >= 0.6 is 12.4 Å². The molecule has 2 fully saturated rings. The molecule has 0 bridgehead atoms. The molecule has 0 unspecified atom stereocenters. The lowest BCUT2D eigenvalue weighted by Crippen LogP contribution is -2.29. The van der Waals surface area contributed by atoms with Gasteiger partial charge in [-0.05, 0) is 50.1 Å². The summed E-state index contributed by atoms with van der Waals surface area (Å²) in [5.74, 6) is 3.14. The van der Waals surface area contributed by atoms with Crippen molar-refractivity contribution in [1.29, 1.82) is 0 Å². The van der Waals surface area contributed by atoms with Gasteiger partial charge in [0.25, 0.3) is 0 Å². The lowest BCUT2D eigenvalue weighted by atomic mass is 9.77. The van der Waals surface area contributed by atoms with Gasteiger partial charge in [0, 0.05) is 0 Å². The van der Waals surface area contributed by atoms with Crippen LogP contribution in [0.1, 0.15) is 51.9 Å². The Morgan fingerprint density at radius 1 is 0.867 bits per heavy atom. The molecule has 0 atom stereocenters. The van der Waals surface area contributed by atoms with Crippen molar-refractivity contribution in [3.05, 3.63) is 0 Å². The van der Waals surface area contributed by atoms with Gasteiger partial charge < -0.3 is 5.32 Å². The molecule has 1 aliphatic heterocycles. The van der Waals surface area contributed by atoms with E-state index in [1.807, 2.05) is 0 Å². The van der Waals surface area contributed by atoms with Gasteiger partial charge in [-0.1, -0.05) is 32.6 Å². The number of nitrogens with one attached hydrogen (secondary N) is 1. The topological polar surface area (TPSA) is 12.0 Å². The van der Waals surface area contributed by atoms with E-state index < -0.39 is 0 Å². The van der Waals surface area contributed by atoms with E-state index in [0.29, 0.717) is 0 Å². The highest BCUT2D eigenvalue weighted by molar-refractivity contribution is 5.85. The van der Waals surface area contributed by atoms with Crippen LogP contribution in [0, 0.1) is 17.8 Å². The largest absolute Gasteiger partial charge is 0.317 e. The van der Waals surface area contributed by atoms with Crippen LogP contribution in [0.25, 0.3) is 0 Å². The molecule has 0 amide bonds. The van der Waals surface area contributed by atoms with E-state index in [0.717, 1.165) is 17.8 Å². The summed E-state index contributed by atoms with van der Waals surface area (Å²) in [5.41, 5.74) is 0.